The number of halogens is 2. The molecule has 0 unspecified atom stereocenters. The molecule has 0 bridgehead atoms. The van der Waals surface area contributed by atoms with Crippen LogP contribution in [0.4, 0.5) is 4.39 Å². The highest BCUT2D eigenvalue weighted by molar-refractivity contribution is 9.10. The molecule has 0 aliphatic rings. The first-order chi connectivity index (χ1) is 6.20. The summed E-state index contributed by atoms with van der Waals surface area (Å²) in [6.07, 6.45) is 0.536. The Hall–Kier alpha value is -0.610. The van der Waals surface area contributed by atoms with Crippen LogP contribution in [0.15, 0.2) is 16.6 Å². The van der Waals surface area contributed by atoms with E-state index in [9.17, 15) is 4.39 Å². The highest BCUT2D eigenvalue weighted by atomic mass is 79.9. The fourth-order valence-corrected chi connectivity index (χ4v) is 1.63. The summed E-state index contributed by atoms with van der Waals surface area (Å²) in [7, 11) is 1.50. The average molecular weight is 248 g/mol. The Kier molecular flexibility index (Phi) is 3.69. The van der Waals surface area contributed by atoms with Gasteiger partial charge in [-0.3, -0.25) is 0 Å². The summed E-state index contributed by atoms with van der Waals surface area (Å²) in [5.41, 5.74) is 5.94. The lowest BCUT2D eigenvalue weighted by molar-refractivity contribution is 0.407. The molecule has 0 saturated carbocycles. The molecule has 4 heteroatoms. The molecule has 0 radical (unpaired) electrons. The Labute approximate surface area is 85.0 Å². The van der Waals surface area contributed by atoms with Crippen LogP contribution in [0.3, 0.4) is 0 Å². The molecule has 0 aromatic heterocycles. The van der Waals surface area contributed by atoms with Crippen LogP contribution in [0, 0.1) is 5.82 Å². The molecule has 0 amide bonds. The SMILES string of the molecule is COc1ccc(CCN)c(F)c1Br. The first-order valence-electron chi connectivity index (χ1n) is 3.91. The van der Waals surface area contributed by atoms with Gasteiger partial charge in [0.2, 0.25) is 0 Å². The fraction of sp³-hybridized carbons (Fsp3) is 0.333. The Morgan fingerprint density at radius 2 is 2.23 bits per heavy atom. The van der Waals surface area contributed by atoms with Crippen LogP contribution in [-0.2, 0) is 6.42 Å². The van der Waals surface area contributed by atoms with Crippen LogP contribution < -0.4 is 10.5 Å². The van der Waals surface area contributed by atoms with Gasteiger partial charge in [-0.1, -0.05) is 6.07 Å². The molecule has 0 aliphatic carbocycles. The summed E-state index contributed by atoms with van der Waals surface area (Å²) < 4.78 is 18.8. The van der Waals surface area contributed by atoms with Crippen LogP contribution in [-0.4, -0.2) is 13.7 Å². The molecule has 0 atom stereocenters. The molecule has 2 N–H and O–H groups in total. The minimum absolute atomic E-state index is 0.287. The van der Waals surface area contributed by atoms with Gasteiger partial charge in [-0.25, -0.2) is 4.39 Å². The van der Waals surface area contributed by atoms with Crippen molar-refractivity contribution in [1.29, 1.82) is 0 Å². The molecule has 1 rings (SSSR count). The molecule has 0 heterocycles. The third kappa shape index (κ3) is 2.19. The largest absolute Gasteiger partial charge is 0.495 e. The van der Waals surface area contributed by atoms with Crippen molar-refractivity contribution in [1.82, 2.24) is 0 Å². The maximum Gasteiger partial charge on any atom is 0.144 e. The van der Waals surface area contributed by atoms with E-state index in [0.717, 1.165) is 0 Å². The zero-order valence-corrected chi connectivity index (χ0v) is 8.90. The van der Waals surface area contributed by atoms with Crippen LogP contribution in [0.2, 0.25) is 0 Å². The minimum atomic E-state index is -0.287. The molecular weight excluding hydrogens is 237 g/mol. The molecule has 13 heavy (non-hydrogen) atoms. The van der Waals surface area contributed by atoms with Crippen LogP contribution in [0.1, 0.15) is 5.56 Å². The number of ether oxygens (including phenoxy) is 1. The molecule has 72 valence electrons. The van der Waals surface area contributed by atoms with Crippen molar-refractivity contribution in [3.63, 3.8) is 0 Å². The number of nitrogens with two attached hydrogens (primary N) is 1. The molecular formula is C9H11BrFNO. The van der Waals surface area contributed by atoms with E-state index in [-0.39, 0.29) is 5.82 Å². The highest BCUT2D eigenvalue weighted by Gasteiger charge is 2.10. The van der Waals surface area contributed by atoms with E-state index >= 15 is 0 Å². The number of hydrogen-bond acceptors (Lipinski definition) is 2. The number of hydrogen-bond donors (Lipinski definition) is 1. The lowest BCUT2D eigenvalue weighted by atomic mass is 10.1. The van der Waals surface area contributed by atoms with E-state index in [0.29, 0.717) is 28.8 Å². The summed E-state index contributed by atoms with van der Waals surface area (Å²) >= 11 is 3.12. The average Bonchev–Trinajstić information content (AvgIpc) is 2.14. The van der Waals surface area contributed by atoms with Crippen LogP contribution >= 0.6 is 15.9 Å². The normalized spacial score (nSPS) is 10.2. The van der Waals surface area contributed by atoms with Crippen LogP contribution in [0.25, 0.3) is 0 Å². The summed E-state index contributed by atoms with van der Waals surface area (Å²) in [4.78, 5) is 0. The van der Waals surface area contributed by atoms with Gasteiger partial charge in [-0.05, 0) is 40.5 Å². The zero-order valence-electron chi connectivity index (χ0n) is 7.31. The van der Waals surface area contributed by atoms with Gasteiger partial charge in [-0.15, -0.1) is 0 Å². The van der Waals surface area contributed by atoms with Crippen molar-refractivity contribution in [2.75, 3.05) is 13.7 Å². The van der Waals surface area contributed by atoms with Crippen molar-refractivity contribution in [3.8, 4) is 5.75 Å². The fourth-order valence-electron chi connectivity index (χ4n) is 1.08. The van der Waals surface area contributed by atoms with E-state index < -0.39 is 0 Å². The van der Waals surface area contributed by atoms with Gasteiger partial charge < -0.3 is 10.5 Å². The third-order valence-corrected chi connectivity index (χ3v) is 2.50. The molecule has 0 saturated heterocycles. The molecule has 0 aliphatic heterocycles. The van der Waals surface area contributed by atoms with Crippen molar-refractivity contribution in [3.05, 3.63) is 28.0 Å². The maximum atomic E-state index is 13.5. The third-order valence-electron chi connectivity index (χ3n) is 1.76. The molecule has 1 aromatic carbocycles. The van der Waals surface area contributed by atoms with Crippen molar-refractivity contribution in [2.45, 2.75) is 6.42 Å². The molecule has 0 spiro atoms. The summed E-state index contributed by atoms with van der Waals surface area (Å²) in [6.45, 7) is 0.440. The number of rotatable bonds is 3. The van der Waals surface area contributed by atoms with Crippen molar-refractivity contribution < 1.29 is 9.13 Å². The maximum absolute atomic E-state index is 13.5. The van der Waals surface area contributed by atoms with Crippen molar-refractivity contribution in [2.24, 2.45) is 5.73 Å². The van der Waals surface area contributed by atoms with E-state index in [1.807, 2.05) is 0 Å². The number of methoxy groups -OCH3 is 1. The molecule has 0 fully saturated rings. The summed E-state index contributed by atoms with van der Waals surface area (Å²) in [5.74, 6) is 0.211. The van der Waals surface area contributed by atoms with E-state index in [2.05, 4.69) is 15.9 Å². The highest BCUT2D eigenvalue weighted by Crippen LogP contribution is 2.29. The predicted octanol–water partition coefficient (Wildman–Crippen LogP) is 2.10. The standard InChI is InChI=1S/C9H11BrFNO/c1-13-7-3-2-6(4-5-12)9(11)8(7)10/h2-3H,4-5,12H2,1H3. The van der Waals surface area contributed by atoms with Gasteiger partial charge in [0.1, 0.15) is 11.6 Å². The Morgan fingerprint density at radius 3 is 2.77 bits per heavy atom. The first-order valence-corrected chi connectivity index (χ1v) is 4.71. The van der Waals surface area contributed by atoms with Gasteiger partial charge >= 0.3 is 0 Å². The molecule has 1 aromatic rings. The molecule has 2 nitrogen and oxygen atoms in total. The second kappa shape index (κ2) is 4.58. The van der Waals surface area contributed by atoms with E-state index in [1.54, 1.807) is 12.1 Å². The second-order valence-corrected chi connectivity index (χ2v) is 3.39. The van der Waals surface area contributed by atoms with E-state index in [4.69, 9.17) is 10.5 Å². The zero-order chi connectivity index (χ0) is 9.84. The van der Waals surface area contributed by atoms with Gasteiger partial charge in [0, 0.05) is 0 Å². The lowest BCUT2D eigenvalue weighted by Gasteiger charge is -2.07. The van der Waals surface area contributed by atoms with Gasteiger partial charge in [0.25, 0.3) is 0 Å². The van der Waals surface area contributed by atoms with Crippen LogP contribution in [0.5, 0.6) is 5.75 Å². The Morgan fingerprint density at radius 1 is 1.54 bits per heavy atom. The van der Waals surface area contributed by atoms with Crippen molar-refractivity contribution >= 4 is 15.9 Å². The quantitative estimate of drug-likeness (QED) is 0.888. The lowest BCUT2D eigenvalue weighted by Crippen LogP contribution is -2.05. The monoisotopic (exact) mass is 247 g/mol. The van der Waals surface area contributed by atoms with Gasteiger partial charge in [0.15, 0.2) is 0 Å². The first kappa shape index (κ1) is 10.5. The minimum Gasteiger partial charge on any atom is -0.495 e. The number of benzene rings is 1. The smallest absolute Gasteiger partial charge is 0.144 e. The second-order valence-electron chi connectivity index (χ2n) is 2.59. The van der Waals surface area contributed by atoms with E-state index in [1.165, 1.54) is 7.11 Å². The Bertz CT molecular complexity index is 304. The van der Waals surface area contributed by atoms with Gasteiger partial charge in [-0.2, -0.15) is 0 Å². The summed E-state index contributed by atoms with van der Waals surface area (Å²) in [5, 5.41) is 0. The van der Waals surface area contributed by atoms with Gasteiger partial charge in [0.05, 0.1) is 11.6 Å². The predicted molar refractivity (Wildman–Crippen MR) is 53.4 cm³/mol. The Balaban J connectivity index is 3.07. The topological polar surface area (TPSA) is 35.2 Å². The summed E-state index contributed by atoms with van der Waals surface area (Å²) in [6, 6.07) is 3.41.